The van der Waals surface area contributed by atoms with Crippen LogP contribution in [0.2, 0.25) is 0 Å². The lowest BCUT2D eigenvalue weighted by atomic mass is 9.84. The summed E-state index contributed by atoms with van der Waals surface area (Å²) < 4.78 is 6.05. The fourth-order valence-corrected chi connectivity index (χ4v) is 3.95. The second kappa shape index (κ2) is 8.95. The summed E-state index contributed by atoms with van der Waals surface area (Å²) in [6.07, 6.45) is 3.18. The molecule has 0 fully saturated rings. The summed E-state index contributed by atoms with van der Waals surface area (Å²) in [6.45, 7) is 2.92. The van der Waals surface area contributed by atoms with Gasteiger partial charge in [0.15, 0.2) is 0 Å². The van der Waals surface area contributed by atoms with Gasteiger partial charge < -0.3 is 10.1 Å². The lowest BCUT2D eigenvalue weighted by molar-refractivity contribution is -0.119. The van der Waals surface area contributed by atoms with Gasteiger partial charge in [-0.25, -0.2) is 0 Å². The molecule has 0 aromatic heterocycles. The normalized spacial score (nSPS) is 15.4. The van der Waals surface area contributed by atoms with E-state index in [1.165, 1.54) is 22.3 Å². The topological polar surface area (TPSA) is 38.3 Å². The maximum atomic E-state index is 11.1. The minimum Gasteiger partial charge on any atom is -0.489 e. The predicted octanol–water partition coefficient (Wildman–Crippen LogP) is 5.17. The van der Waals surface area contributed by atoms with Crippen molar-refractivity contribution in [2.45, 2.75) is 32.8 Å². The molecule has 0 spiro atoms. The summed E-state index contributed by atoms with van der Waals surface area (Å²) >= 11 is 0. The van der Waals surface area contributed by atoms with Crippen molar-refractivity contribution < 1.29 is 9.53 Å². The maximum Gasteiger partial charge on any atom is 0.216 e. The van der Waals surface area contributed by atoms with Gasteiger partial charge in [-0.05, 0) is 65.1 Å². The Morgan fingerprint density at radius 2 is 1.72 bits per heavy atom. The second-order valence-electron chi connectivity index (χ2n) is 7.83. The van der Waals surface area contributed by atoms with Crippen molar-refractivity contribution in [2.75, 3.05) is 6.54 Å². The highest BCUT2D eigenvalue weighted by Gasteiger charge is 2.19. The minimum atomic E-state index is 0.0522. The van der Waals surface area contributed by atoms with Crippen LogP contribution in [0.1, 0.15) is 30.0 Å². The monoisotopic (exact) mass is 385 g/mol. The van der Waals surface area contributed by atoms with Gasteiger partial charge >= 0.3 is 0 Å². The van der Waals surface area contributed by atoms with Gasteiger partial charge in [-0.3, -0.25) is 4.79 Å². The molecule has 0 saturated heterocycles. The lowest BCUT2D eigenvalue weighted by Gasteiger charge is -2.25. The summed E-state index contributed by atoms with van der Waals surface area (Å²) in [5.41, 5.74) is 6.37. The van der Waals surface area contributed by atoms with E-state index in [0.717, 1.165) is 37.1 Å². The first-order chi connectivity index (χ1) is 14.2. The molecule has 0 radical (unpaired) electrons. The Hall–Kier alpha value is -3.07. The number of ether oxygens (including phenoxy) is 1. The third-order valence-corrected chi connectivity index (χ3v) is 5.61. The zero-order valence-electron chi connectivity index (χ0n) is 16.9. The molecule has 3 aromatic carbocycles. The van der Waals surface area contributed by atoms with E-state index in [4.69, 9.17) is 4.74 Å². The van der Waals surface area contributed by atoms with Crippen LogP contribution >= 0.6 is 0 Å². The summed E-state index contributed by atoms with van der Waals surface area (Å²) in [5.74, 6) is 1.51. The maximum absolute atomic E-state index is 11.1. The van der Waals surface area contributed by atoms with E-state index >= 15 is 0 Å². The molecule has 3 nitrogen and oxygen atoms in total. The number of carbonyl (C=O) groups excluding carboxylic acids is 1. The van der Waals surface area contributed by atoms with Crippen LogP contribution in [0.3, 0.4) is 0 Å². The van der Waals surface area contributed by atoms with Crippen molar-refractivity contribution in [1.29, 1.82) is 0 Å². The molecule has 1 amide bonds. The van der Waals surface area contributed by atoms with Crippen molar-refractivity contribution in [3.05, 3.63) is 89.5 Å². The van der Waals surface area contributed by atoms with Crippen molar-refractivity contribution in [3.63, 3.8) is 0 Å². The Kier molecular flexibility index (Phi) is 5.95. The summed E-state index contributed by atoms with van der Waals surface area (Å²) in [7, 11) is 0. The zero-order chi connectivity index (χ0) is 20.1. The van der Waals surface area contributed by atoms with Crippen molar-refractivity contribution in [3.8, 4) is 16.9 Å². The van der Waals surface area contributed by atoms with E-state index in [2.05, 4.69) is 72.0 Å². The molecule has 4 rings (SSSR count). The molecule has 29 heavy (non-hydrogen) atoms. The van der Waals surface area contributed by atoms with Gasteiger partial charge in [0, 0.05) is 13.5 Å². The van der Waals surface area contributed by atoms with Crippen LogP contribution in [0.15, 0.2) is 72.8 Å². The molecule has 3 aromatic rings. The van der Waals surface area contributed by atoms with Crippen LogP contribution in [0.4, 0.5) is 0 Å². The van der Waals surface area contributed by atoms with Crippen LogP contribution in [0.5, 0.6) is 5.75 Å². The Balaban J connectivity index is 1.34. The molecule has 1 aliphatic rings. The van der Waals surface area contributed by atoms with E-state index < -0.39 is 0 Å². The van der Waals surface area contributed by atoms with Crippen molar-refractivity contribution in [2.24, 2.45) is 5.92 Å². The predicted molar refractivity (Wildman–Crippen MR) is 117 cm³/mol. The third kappa shape index (κ3) is 5.05. The first kappa shape index (κ1) is 19.3. The summed E-state index contributed by atoms with van der Waals surface area (Å²) in [6, 6.07) is 25.4. The van der Waals surface area contributed by atoms with Gasteiger partial charge in [-0.15, -0.1) is 0 Å². The van der Waals surface area contributed by atoms with Gasteiger partial charge in [0.2, 0.25) is 5.91 Å². The molecule has 0 bridgehead atoms. The zero-order valence-corrected chi connectivity index (χ0v) is 16.9. The highest BCUT2D eigenvalue weighted by Crippen LogP contribution is 2.29. The summed E-state index contributed by atoms with van der Waals surface area (Å²) in [4.78, 5) is 11.1. The highest BCUT2D eigenvalue weighted by atomic mass is 16.5. The average Bonchev–Trinajstić information content (AvgIpc) is 2.77. The van der Waals surface area contributed by atoms with E-state index in [9.17, 15) is 4.79 Å². The number of amides is 1. The number of benzene rings is 3. The first-order valence-electron chi connectivity index (χ1n) is 10.3. The molecule has 0 heterocycles. The molecule has 1 N–H and O–H groups in total. The van der Waals surface area contributed by atoms with Gasteiger partial charge in [0.1, 0.15) is 12.4 Å². The third-order valence-electron chi connectivity index (χ3n) is 5.61. The van der Waals surface area contributed by atoms with E-state index in [-0.39, 0.29) is 5.91 Å². The van der Waals surface area contributed by atoms with Gasteiger partial charge in [0.05, 0.1) is 0 Å². The van der Waals surface area contributed by atoms with Gasteiger partial charge in [-0.2, -0.15) is 0 Å². The number of carbonyl (C=O) groups is 1. The number of aryl methyl sites for hydroxylation is 1. The van der Waals surface area contributed by atoms with E-state index in [1.54, 1.807) is 6.92 Å². The molecule has 1 aliphatic carbocycles. The van der Waals surface area contributed by atoms with Gasteiger partial charge in [-0.1, -0.05) is 60.7 Å². The Morgan fingerprint density at radius 3 is 2.48 bits per heavy atom. The number of hydrogen-bond acceptors (Lipinski definition) is 2. The number of nitrogens with one attached hydrogen (secondary N) is 1. The fourth-order valence-electron chi connectivity index (χ4n) is 3.95. The quantitative estimate of drug-likeness (QED) is 0.635. The molecule has 148 valence electrons. The van der Waals surface area contributed by atoms with Crippen LogP contribution in [0.25, 0.3) is 11.1 Å². The SMILES string of the molecule is CC(=O)NCC1CCc2cc(OCc3ccc(-c4ccccc4)cc3)ccc2C1. The number of hydrogen-bond donors (Lipinski definition) is 1. The molecular formula is C26H27NO2. The van der Waals surface area contributed by atoms with Crippen molar-refractivity contribution in [1.82, 2.24) is 5.32 Å². The fraction of sp³-hybridized carbons (Fsp3) is 0.269. The molecule has 0 saturated carbocycles. The van der Waals surface area contributed by atoms with Crippen LogP contribution < -0.4 is 10.1 Å². The Bertz CT molecular complexity index is 964. The smallest absolute Gasteiger partial charge is 0.216 e. The van der Waals surface area contributed by atoms with Crippen LogP contribution in [-0.4, -0.2) is 12.5 Å². The second-order valence-corrected chi connectivity index (χ2v) is 7.83. The molecule has 3 heteroatoms. The molecule has 1 unspecified atom stereocenters. The molecule has 0 aliphatic heterocycles. The number of rotatable bonds is 6. The number of fused-ring (bicyclic) bond motifs is 1. The minimum absolute atomic E-state index is 0.0522. The van der Waals surface area contributed by atoms with Crippen LogP contribution in [0, 0.1) is 5.92 Å². The Labute approximate surface area is 172 Å². The average molecular weight is 386 g/mol. The highest BCUT2D eigenvalue weighted by molar-refractivity contribution is 5.72. The van der Waals surface area contributed by atoms with Crippen molar-refractivity contribution >= 4 is 5.91 Å². The van der Waals surface area contributed by atoms with Gasteiger partial charge in [0.25, 0.3) is 0 Å². The first-order valence-corrected chi connectivity index (χ1v) is 10.3. The summed E-state index contributed by atoms with van der Waals surface area (Å²) in [5, 5.41) is 2.95. The largest absolute Gasteiger partial charge is 0.489 e. The molecular weight excluding hydrogens is 358 g/mol. The Morgan fingerprint density at radius 1 is 0.966 bits per heavy atom. The molecule has 1 atom stereocenters. The van der Waals surface area contributed by atoms with E-state index in [0.29, 0.717) is 12.5 Å². The van der Waals surface area contributed by atoms with E-state index in [1.807, 2.05) is 6.07 Å². The lowest BCUT2D eigenvalue weighted by Crippen LogP contribution is -2.30. The van der Waals surface area contributed by atoms with Crippen LogP contribution in [-0.2, 0) is 24.2 Å². The standard InChI is InChI=1S/C26H27NO2/c1-19(28)27-17-21-9-12-25-16-26(14-13-24(25)15-21)29-18-20-7-10-23(11-8-20)22-5-3-2-4-6-22/h2-8,10-11,13-14,16,21H,9,12,15,17-18H2,1H3,(H,27,28).